The maximum Gasteiger partial charge on any atom is 0.248 e. The van der Waals surface area contributed by atoms with E-state index in [4.69, 9.17) is 26.1 Å². The van der Waals surface area contributed by atoms with Crippen LogP contribution in [-0.2, 0) is 4.79 Å². The highest BCUT2D eigenvalue weighted by atomic mass is 35.5. The topological polar surface area (TPSA) is 60.5 Å². The lowest BCUT2D eigenvalue weighted by Crippen LogP contribution is -2.07. The Balaban J connectivity index is 1.28. The fourth-order valence-corrected chi connectivity index (χ4v) is 4.22. The Kier molecular flexibility index (Phi) is 5.62. The monoisotopic (exact) mass is 460 g/mol. The Labute approximate surface area is 193 Å². The summed E-state index contributed by atoms with van der Waals surface area (Å²) in [6.45, 7) is 0.222. The summed E-state index contributed by atoms with van der Waals surface area (Å²) < 4.78 is 10.7. The fraction of sp³-hybridized carbons (Fsp3) is 0.0400. The van der Waals surface area contributed by atoms with E-state index in [1.54, 1.807) is 17.4 Å². The van der Waals surface area contributed by atoms with Crippen molar-refractivity contribution in [2.45, 2.75) is 0 Å². The third-order valence-electron chi connectivity index (χ3n) is 4.85. The summed E-state index contributed by atoms with van der Waals surface area (Å²) in [4.78, 5) is 17.1. The fourth-order valence-electron chi connectivity index (χ4n) is 3.26. The molecule has 0 saturated heterocycles. The molecule has 0 bridgehead atoms. The summed E-state index contributed by atoms with van der Waals surface area (Å²) >= 11 is 7.54. The number of hydrogen-bond donors (Lipinski definition) is 1. The van der Waals surface area contributed by atoms with Crippen molar-refractivity contribution in [1.82, 2.24) is 4.98 Å². The van der Waals surface area contributed by atoms with E-state index in [2.05, 4.69) is 5.32 Å². The van der Waals surface area contributed by atoms with Gasteiger partial charge in [0.25, 0.3) is 0 Å². The van der Waals surface area contributed by atoms with E-state index in [9.17, 15) is 4.79 Å². The molecule has 0 fully saturated rings. The van der Waals surface area contributed by atoms with Crippen LogP contribution in [0.3, 0.4) is 0 Å². The molecule has 1 aliphatic rings. The highest BCUT2D eigenvalue weighted by molar-refractivity contribution is 7.13. The van der Waals surface area contributed by atoms with Crippen LogP contribution in [0.4, 0.5) is 5.69 Å². The van der Waals surface area contributed by atoms with Crippen molar-refractivity contribution in [1.29, 1.82) is 0 Å². The Morgan fingerprint density at radius 3 is 2.72 bits per heavy atom. The second-order valence-corrected chi connectivity index (χ2v) is 8.36. The van der Waals surface area contributed by atoms with Crippen LogP contribution in [-0.4, -0.2) is 17.7 Å². The third-order valence-corrected chi connectivity index (χ3v) is 5.99. The maximum absolute atomic E-state index is 12.4. The number of halogens is 1. The predicted octanol–water partition coefficient (Wildman–Crippen LogP) is 6.51. The summed E-state index contributed by atoms with van der Waals surface area (Å²) in [6, 6.07) is 20.8. The Bertz CT molecular complexity index is 1320. The first-order valence-corrected chi connectivity index (χ1v) is 11.1. The average molecular weight is 461 g/mol. The number of nitrogens with zero attached hydrogens (tertiary/aromatic N) is 1. The molecule has 4 aromatic rings. The molecule has 1 N–H and O–H groups in total. The number of carbonyl (C=O) groups excluding carboxylic acids is 1. The molecule has 5 rings (SSSR count). The number of benzene rings is 3. The second-order valence-electron chi connectivity index (χ2n) is 7.06. The number of anilines is 1. The lowest BCUT2D eigenvalue weighted by Gasteiger charge is -2.04. The first-order valence-electron chi connectivity index (χ1n) is 9.85. The highest BCUT2D eigenvalue weighted by Gasteiger charge is 2.12. The molecule has 0 spiro atoms. The van der Waals surface area contributed by atoms with E-state index >= 15 is 0 Å². The van der Waals surface area contributed by atoms with Gasteiger partial charge in [-0.2, -0.15) is 0 Å². The lowest BCUT2D eigenvalue weighted by atomic mass is 10.1. The van der Waals surface area contributed by atoms with Crippen LogP contribution in [0.1, 0.15) is 5.56 Å². The van der Waals surface area contributed by atoms with Crippen molar-refractivity contribution >= 4 is 40.6 Å². The summed E-state index contributed by atoms with van der Waals surface area (Å²) in [5.74, 6) is 1.17. The van der Waals surface area contributed by atoms with Crippen molar-refractivity contribution in [3.05, 3.63) is 88.8 Å². The molecule has 1 aliphatic heterocycles. The molecule has 5 nitrogen and oxygen atoms in total. The molecular weight excluding hydrogens is 444 g/mol. The van der Waals surface area contributed by atoms with Crippen LogP contribution < -0.4 is 14.8 Å². The minimum atomic E-state index is -0.222. The molecular formula is C25H17ClN2O3S. The number of nitrogens with one attached hydrogen (secondary N) is 1. The summed E-state index contributed by atoms with van der Waals surface area (Å²) in [7, 11) is 0. The second kappa shape index (κ2) is 8.86. The molecule has 2 heterocycles. The molecule has 32 heavy (non-hydrogen) atoms. The molecule has 3 aromatic carbocycles. The molecule has 0 radical (unpaired) electrons. The Hall–Kier alpha value is -3.61. The number of aromatic nitrogens is 1. The average Bonchev–Trinajstić information content (AvgIpc) is 3.48. The first-order chi connectivity index (χ1) is 15.6. The molecule has 0 aliphatic carbocycles. The van der Waals surface area contributed by atoms with E-state index in [0.29, 0.717) is 22.2 Å². The zero-order chi connectivity index (χ0) is 21.9. The van der Waals surface area contributed by atoms with Crippen LogP contribution >= 0.6 is 22.9 Å². The van der Waals surface area contributed by atoms with Gasteiger partial charge in [-0.15, -0.1) is 11.3 Å². The van der Waals surface area contributed by atoms with Crippen LogP contribution in [0, 0.1) is 0 Å². The van der Waals surface area contributed by atoms with Gasteiger partial charge < -0.3 is 14.8 Å². The molecule has 7 heteroatoms. The van der Waals surface area contributed by atoms with E-state index in [0.717, 1.165) is 27.4 Å². The smallest absolute Gasteiger partial charge is 0.248 e. The number of thiazole rings is 1. The van der Waals surface area contributed by atoms with Crippen LogP contribution in [0.2, 0.25) is 5.02 Å². The lowest BCUT2D eigenvalue weighted by molar-refractivity contribution is -0.111. The van der Waals surface area contributed by atoms with Gasteiger partial charge in [-0.1, -0.05) is 41.9 Å². The van der Waals surface area contributed by atoms with Gasteiger partial charge in [-0.25, -0.2) is 4.98 Å². The van der Waals surface area contributed by atoms with Crippen molar-refractivity contribution < 1.29 is 14.3 Å². The number of ether oxygens (including phenoxy) is 2. The van der Waals surface area contributed by atoms with Gasteiger partial charge >= 0.3 is 0 Å². The summed E-state index contributed by atoms with van der Waals surface area (Å²) in [5, 5.41) is 6.51. The van der Waals surface area contributed by atoms with Gasteiger partial charge in [0.2, 0.25) is 12.7 Å². The normalized spacial score (nSPS) is 12.3. The number of rotatable bonds is 5. The first kappa shape index (κ1) is 20.3. The third kappa shape index (κ3) is 4.51. The van der Waals surface area contributed by atoms with Gasteiger partial charge in [0.15, 0.2) is 11.5 Å². The van der Waals surface area contributed by atoms with E-state index in [-0.39, 0.29) is 12.7 Å². The van der Waals surface area contributed by atoms with Crippen LogP contribution in [0.25, 0.3) is 27.9 Å². The van der Waals surface area contributed by atoms with Crippen molar-refractivity contribution in [2.75, 3.05) is 12.1 Å². The van der Waals surface area contributed by atoms with E-state index in [1.165, 1.54) is 6.08 Å². The summed E-state index contributed by atoms with van der Waals surface area (Å²) in [5.41, 5.74) is 4.36. The molecule has 0 unspecified atom stereocenters. The van der Waals surface area contributed by atoms with E-state index in [1.807, 2.05) is 72.1 Å². The number of fused-ring (bicyclic) bond motifs is 1. The predicted molar refractivity (Wildman–Crippen MR) is 128 cm³/mol. The zero-order valence-electron chi connectivity index (χ0n) is 16.7. The molecule has 1 amide bonds. The standard InChI is InChI=1S/C25H17ClN2O3S/c26-19-8-6-17(7-9-19)25-28-21(14-32-25)18-2-1-3-20(13-18)27-24(29)11-5-16-4-10-22-23(12-16)31-15-30-22/h1-14H,15H2,(H,27,29)/b11-5+. The molecule has 0 saturated carbocycles. The van der Waals surface area contributed by atoms with Gasteiger partial charge in [-0.3, -0.25) is 4.79 Å². The molecule has 0 atom stereocenters. The number of amides is 1. The van der Waals surface area contributed by atoms with Gasteiger partial charge in [0.05, 0.1) is 5.69 Å². The van der Waals surface area contributed by atoms with Crippen LogP contribution in [0.5, 0.6) is 11.5 Å². The van der Waals surface area contributed by atoms with Crippen molar-refractivity contribution in [3.63, 3.8) is 0 Å². The van der Waals surface area contributed by atoms with Crippen molar-refractivity contribution in [3.8, 4) is 33.3 Å². The van der Waals surface area contributed by atoms with Gasteiger partial charge in [0, 0.05) is 33.3 Å². The van der Waals surface area contributed by atoms with Crippen LogP contribution in [0.15, 0.2) is 78.2 Å². The zero-order valence-corrected chi connectivity index (χ0v) is 18.3. The molecule has 158 valence electrons. The largest absolute Gasteiger partial charge is 0.454 e. The van der Waals surface area contributed by atoms with Crippen molar-refractivity contribution in [2.24, 2.45) is 0 Å². The quantitative estimate of drug-likeness (QED) is 0.345. The van der Waals surface area contributed by atoms with Gasteiger partial charge in [-0.05, 0) is 48.0 Å². The minimum absolute atomic E-state index is 0.222. The highest BCUT2D eigenvalue weighted by Crippen LogP contribution is 2.33. The Morgan fingerprint density at radius 2 is 1.84 bits per heavy atom. The maximum atomic E-state index is 12.4. The number of carbonyl (C=O) groups is 1. The minimum Gasteiger partial charge on any atom is -0.454 e. The Morgan fingerprint density at radius 1 is 1.00 bits per heavy atom. The SMILES string of the molecule is O=C(/C=C/c1ccc2c(c1)OCO2)Nc1cccc(-c2csc(-c3ccc(Cl)cc3)n2)c1. The summed E-state index contributed by atoms with van der Waals surface area (Å²) in [6.07, 6.45) is 3.23. The number of hydrogen-bond acceptors (Lipinski definition) is 5. The van der Waals surface area contributed by atoms with Gasteiger partial charge in [0.1, 0.15) is 5.01 Å². The van der Waals surface area contributed by atoms with E-state index < -0.39 is 0 Å². The molecule has 1 aromatic heterocycles.